The molecule has 2 aromatic carbocycles. The maximum absolute atomic E-state index is 10.5. The summed E-state index contributed by atoms with van der Waals surface area (Å²) in [6.07, 6.45) is -0.729. The fourth-order valence-corrected chi connectivity index (χ4v) is 4.14. The third kappa shape index (κ3) is 3.56. The number of benzene rings is 2. The lowest BCUT2D eigenvalue weighted by molar-refractivity contribution is 0.145. The summed E-state index contributed by atoms with van der Waals surface area (Å²) >= 11 is 1.41. The van der Waals surface area contributed by atoms with E-state index in [0.29, 0.717) is 10.6 Å². The van der Waals surface area contributed by atoms with E-state index in [-0.39, 0.29) is 24.7 Å². The Kier molecular flexibility index (Phi) is 4.98. The number of aryl methyl sites for hydroxylation is 1. The Labute approximate surface area is 167 Å². The van der Waals surface area contributed by atoms with Crippen LogP contribution >= 0.6 is 11.3 Å². The third-order valence-corrected chi connectivity index (χ3v) is 5.69. The van der Waals surface area contributed by atoms with Crippen LogP contribution in [0.2, 0.25) is 0 Å². The van der Waals surface area contributed by atoms with Crippen molar-refractivity contribution < 1.29 is 10.2 Å². The van der Waals surface area contributed by atoms with Crippen molar-refractivity contribution in [2.24, 2.45) is 0 Å². The summed E-state index contributed by atoms with van der Waals surface area (Å²) in [7, 11) is 0. The van der Waals surface area contributed by atoms with Crippen molar-refractivity contribution in [3.05, 3.63) is 81.9 Å². The van der Waals surface area contributed by atoms with Crippen molar-refractivity contribution in [1.29, 1.82) is 5.41 Å². The largest absolute Gasteiger partial charge is 0.510 e. The van der Waals surface area contributed by atoms with Crippen LogP contribution in [0.1, 0.15) is 22.2 Å². The van der Waals surface area contributed by atoms with Gasteiger partial charge in [0.1, 0.15) is 16.6 Å². The lowest BCUT2D eigenvalue weighted by atomic mass is 10.1. The molecule has 1 aliphatic rings. The fraction of sp³-hybridized carbons (Fsp3) is 0.182. The normalized spacial score (nSPS) is 15.4. The van der Waals surface area contributed by atoms with Gasteiger partial charge in [0.15, 0.2) is 0 Å². The lowest BCUT2D eigenvalue weighted by Crippen LogP contribution is -2.31. The van der Waals surface area contributed by atoms with E-state index < -0.39 is 6.10 Å². The van der Waals surface area contributed by atoms with Crippen molar-refractivity contribution in [1.82, 2.24) is 9.88 Å². The summed E-state index contributed by atoms with van der Waals surface area (Å²) < 4.78 is 0. The number of nitrogens with zero attached hydrogens (tertiary/aromatic N) is 2. The maximum atomic E-state index is 10.5. The molecule has 0 saturated heterocycles. The summed E-state index contributed by atoms with van der Waals surface area (Å²) in [6, 6.07) is 17.5. The van der Waals surface area contributed by atoms with Gasteiger partial charge in [0.25, 0.3) is 0 Å². The van der Waals surface area contributed by atoms with E-state index in [1.54, 1.807) is 4.90 Å². The summed E-state index contributed by atoms with van der Waals surface area (Å²) in [5.41, 5.74) is 4.26. The topological polar surface area (TPSA) is 80.4 Å². The minimum atomic E-state index is -0.729. The van der Waals surface area contributed by atoms with E-state index >= 15 is 0 Å². The molecular weight excluding hydrogens is 370 g/mol. The van der Waals surface area contributed by atoms with Gasteiger partial charge in [-0.15, -0.1) is 11.3 Å². The van der Waals surface area contributed by atoms with E-state index in [0.717, 1.165) is 16.8 Å². The zero-order valence-corrected chi connectivity index (χ0v) is 16.3. The first-order valence-electron chi connectivity index (χ1n) is 9.05. The SMILES string of the molecule is Cc1ccc(-c2csc(C3=C(O)CN(CC(O)c4ccccc4)C3=N)n2)cc1. The van der Waals surface area contributed by atoms with Crippen LogP contribution < -0.4 is 0 Å². The molecule has 3 aromatic rings. The van der Waals surface area contributed by atoms with E-state index in [9.17, 15) is 10.2 Å². The molecule has 1 aliphatic heterocycles. The van der Waals surface area contributed by atoms with Crippen LogP contribution in [0.4, 0.5) is 0 Å². The van der Waals surface area contributed by atoms with Crippen LogP contribution in [0.25, 0.3) is 16.8 Å². The monoisotopic (exact) mass is 391 g/mol. The molecule has 0 amide bonds. The molecule has 1 atom stereocenters. The summed E-state index contributed by atoms with van der Waals surface area (Å²) in [4.78, 5) is 6.31. The average Bonchev–Trinajstić information content (AvgIpc) is 3.28. The molecule has 6 heteroatoms. The molecule has 28 heavy (non-hydrogen) atoms. The smallest absolute Gasteiger partial charge is 0.135 e. The van der Waals surface area contributed by atoms with Gasteiger partial charge in [-0.1, -0.05) is 60.2 Å². The van der Waals surface area contributed by atoms with Gasteiger partial charge in [-0.3, -0.25) is 5.41 Å². The molecule has 1 aromatic heterocycles. The molecule has 142 valence electrons. The first kappa shape index (κ1) is 18.4. The third-order valence-electron chi connectivity index (χ3n) is 4.83. The second kappa shape index (κ2) is 7.58. The Morgan fingerprint density at radius 3 is 2.57 bits per heavy atom. The van der Waals surface area contributed by atoms with Crippen molar-refractivity contribution in [2.45, 2.75) is 13.0 Å². The van der Waals surface area contributed by atoms with Crippen LogP contribution in [0.3, 0.4) is 0 Å². The highest BCUT2D eigenvalue weighted by Crippen LogP contribution is 2.33. The highest BCUT2D eigenvalue weighted by atomic mass is 32.1. The van der Waals surface area contributed by atoms with E-state index in [1.165, 1.54) is 16.9 Å². The van der Waals surface area contributed by atoms with Gasteiger partial charge in [0.05, 0.1) is 30.5 Å². The van der Waals surface area contributed by atoms with Gasteiger partial charge < -0.3 is 15.1 Å². The number of thiazole rings is 1. The first-order valence-corrected chi connectivity index (χ1v) is 9.93. The summed E-state index contributed by atoms with van der Waals surface area (Å²) in [6.45, 7) is 2.49. The lowest BCUT2D eigenvalue weighted by Gasteiger charge is -2.22. The average molecular weight is 391 g/mol. The van der Waals surface area contributed by atoms with Crippen LogP contribution in [0, 0.1) is 12.3 Å². The quantitative estimate of drug-likeness (QED) is 0.602. The molecule has 4 rings (SSSR count). The number of aliphatic hydroxyl groups excluding tert-OH is 2. The van der Waals surface area contributed by atoms with Gasteiger partial charge in [-0.05, 0) is 12.5 Å². The number of nitrogens with one attached hydrogen (secondary N) is 1. The molecule has 0 spiro atoms. The van der Waals surface area contributed by atoms with Gasteiger partial charge >= 0.3 is 0 Å². The van der Waals surface area contributed by atoms with Crippen LogP contribution in [-0.2, 0) is 0 Å². The molecule has 0 saturated carbocycles. The highest BCUT2D eigenvalue weighted by Gasteiger charge is 2.31. The Morgan fingerprint density at radius 2 is 1.86 bits per heavy atom. The minimum absolute atomic E-state index is 0.120. The molecule has 0 fully saturated rings. The summed E-state index contributed by atoms with van der Waals surface area (Å²) in [5, 5.41) is 32.0. The number of hydrogen-bond donors (Lipinski definition) is 3. The second-order valence-electron chi connectivity index (χ2n) is 6.88. The van der Waals surface area contributed by atoms with Gasteiger partial charge in [0, 0.05) is 10.9 Å². The number of hydrogen-bond acceptors (Lipinski definition) is 5. The van der Waals surface area contributed by atoms with Gasteiger partial charge in [-0.25, -0.2) is 4.98 Å². The van der Waals surface area contributed by atoms with E-state index in [4.69, 9.17) is 5.41 Å². The fourth-order valence-electron chi connectivity index (χ4n) is 3.25. The molecule has 2 heterocycles. The van der Waals surface area contributed by atoms with Crippen molar-refractivity contribution in [2.75, 3.05) is 13.1 Å². The predicted molar refractivity (Wildman–Crippen MR) is 113 cm³/mol. The number of β-amino-alcohol motifs (C(OH)–C–C–N with tert-alkyl or cyclic N) is 1. The minimum Gasteiger partial charge on any atom is -0.510 e. The molecule has 3 N–H and O–H groups in total. The van der Waals surface area contributed by atoms with Crippen LogP contribution in [-0.4, -0.2) is 39.0 Å². The molecular formula is C22H21N3O2S. The molecule has 0 bridgehead atoms. The molecule has 0 radical (unpaired) electrons. The van der Waals surface area contributed by atoms with Gasteiger partial charge in [0.2, 0.25) is 0 Å². The van der Waals surface area contributed by atoms with E-state index in [2.05, 4.69) is 4.98 Å². The number of aromatic nitrogens is 1. The zero-order valence-electron chi connectivity index (χ0n) is 15.5. The van der Waals surface area contributed by atoms with Crippen molar-refractivity contribution in [3.63, 3.8) is 0 Å². The molecule has 5 nitrogen and oxygen atoms in total. The standard InChI is InChI=1S/C22H21N3O2S/c1-14-7-9-15(10-8-14)17-13-28-22(24-17)20-19(27)12-25(21(20)23)11-18(26)16-5-3-2-4-6-16/h2-10,13,18,23,26-27H,11-12H2,1H3. The van der Waals surface area contributed by atoms with E-state index in [1.807, 2.05) is 66.9 Å². The molecule has 1 unspecified atom stereocenters. The van der Waals surface area contributed by atoms with Crippen LogP contribution in [0.15, 0.2) is 65.7 Å². The number of aliphatic hydroxyl groups is 2. The van der Waals surface area contributed by atoms with Crippen molar-refractivity contribution in [3.8, 4) is 11.3 Å². The Hall–Kier alpha value is -2.96. The predicted octanol–water partition coefficient (Wildman–Crippen LogP) is 4.41. The Balaban J connectivity index is 1.52. The van der Waals surface area contributed by atoms with Crippen LogP contribution in [0.5, 0.6) is 0 Å². The second-order valence-corrected chi connectivity index (χ2v) is 7.74. The number of amidine groups is 1. The van der Waals surface area contributed by atoms with Gasteiger partial charge in [-0.2, -0.15) is 0 Å². The Bertz CT molecular complexity index is 1030. The molecule has 0 aliphatic carbocycles. The first-order chi connectivity index (χ1) is 13.5. The Morgan fingerprint density at radius 1 is 1.14 bits per heavy atom. The maximum Gasteiger partial charge on any atom is 0.135 e. The zero-order chi connectivity index (χ0) is 19.7. The summed E-state index contributed by atoms with van der Waals surface area (Å²) in [5.74, 6) is 0.312. The number of rotatable bonds is 5. The highest BCUT2D eigenvalue weighted by molar-refractivity contribution is 7.11. The van der Waals surface area contributed by atoms with Crippen molar-refractivity contribution >= 4 is 22.7 Å².